The van der Waals surface area contributed by atoms with Gasteiger partial charge in [0.2, 0.25) is 10.0 Å². The van der Waals surface area contributed by atoms with Crippen LogP contribution in [0.15, 0.2) is 69.5 Å². The van der Waals surface area contributed by atoms with Gasteiger partial charge in [0.05, 0.1) is 35.0 Å². The molecule has 0 bridgehead atoms. The number of sulfone groups is 1. The Morgan fingerprint density at radius 3 is 2.20 bits per heavy atom. The van der Waals surface area contributed by atoms with E-state index in [0.29, 0.717) is 55.6 Å². The molecule has 2 aromatic carbocycles. The smallest absolute Gasteiger partial charge is 0.326 e. The Kier molecular flexibility index (Phi) is 14.8. The van der Waals surface area contributed by atoms with E-state index in [4.69, 9.17) is 44.5 Å². The Hall–Kier alpha value is -2.65. The average Bonchev–Trinajstić information content (AvgIpc) is 3.06. The maximum absolute atomic E-state index is 15.0. The number of hydrogen-bond donors (Lipinski definition) is 1. The molecule has 2 aliphatic rings. The fourth-order valence-corrected chi connectivity index (χ4v) is 9.18. The predicted octanol–water partition coefficient (Wildman–Crippen LogP) is 7.37. The normalized spacial score (nSPS) is 17.7. The van der Waals surface area contributed by atoms with Crippen molar-refractivity contribution in [2.24, 2.45) is 10.9 Å². The van der Waals surface area contributed by atoms with Gasteiger partial charge < -0.3 is 9.64 Å². The summed E-state index contributed by atoms with van der Waals surface area (Å²) in [7, 11) is -7.24. The lowest BCUT2D eigenvalue weighted by atomic mass is 9.83. The van der Waals surface area contributed by atoms with E-state index in [1.165, 1.54) is 18.4 Å². The van der Waals surface area contributed by atoms with E-state index in [9.17, 15) is 21.6 Å². The number of carbonyl (C=O) groups is 1. The summed E-state index contributed by atoms with van der Waals surface area (Å²) in [5.74, 6) is 0.447. The first-order valence-electron chi connectivity index (χ1n) is 17.9. The number of hydrogen-bond acceptors (Lipinski definition) is 8. The maximum atomic E-state index is 15.0. The first kappa shape index (κ1) is 44.1. The van der Waals surface area contributed by atoms with Crippen LogP contribution >= 0.6 is 34.8 Å². The number of piperazine rings is 1. The molecule has 0 aromatic heterocycles. The van der Waals surface area contributed by atoms with Crippen molar-refractivity contribution in [3.05, 3.63) is 80.8 Å². The Labute approximate surface area is 336 Å². The average molecular weight is 845 g/mol. The number of sulfonamides is 1. The molecule has 0 radical (unpaired) electrons. The molecule has 16 heteroatoms. The lowest BCUT2D eigenvalue weighted by molar-refractivity contribution is 0.125. The van der Waals surface area contributed by atoms with Crippen molar-refractivity contribution in [3.8, 4) is 5.75 Å². The first-order valence-corrected chi connectivity index (χ1v) is 22.6. The minimum Gasteiger partial charge on any atom is -0.493 e. The quantitative estimate of drug-likeness (QED) is 0.165. The van der Waals surface area contributed by atoms with Gasteiger partial charge in [-0.1, -0.05) is 59.1 Å². The standard InChI is InChI=1S/C38H52Cl3N5O6S2/c1-8-52-33-25-32(41)34(54(50,51)43-37(2,3)4)24-31(33)35(42-38(5,6)28-12-16-30(40)17-13-28)46(26-27-10-14-29(39)15-11-27)36(47)45-21-19-44(20-22-45)18-9-23-53(7,48)49/h10-12,14-17,24-25,28,43H,8-9,13,18-23,26H2,1-7H3. The number of aliphatic imine (C=N–C) groups is 1. The monoisotopic (exact) mass is 843 g/mol. The molecule has 298 valence electrons. The third-order valence-corrected chi connectivity index (χ3v) is 12.8. The Morgan fingerprint density at radius 1 is 1.00 bits per heavy atom. The summed E-state index contributed by atoms with van der Waals surface area (Å²) in [5.41, 5.74) is -0.605. The second-order valence-electron chi connectivity index (χ2n) is 15.3. The third-order valence-electron chi connectivity index (χ3n) is 9.03. The molecule has 1 heterocycles. The molecule has 0 saturated carbocycles. The van der Waals surface area contributed by atoms with Crippen molar-refractivity contribution >= 4 is 66.5 Å². The molecular formula is C38H52Cl3N5O6S2. The van der Waals surface area contributed by atoms with Crippen LogP contribution in [0.25, 0.3) is 0 Å². The zero-order valence-electron chi connectivity index (χ0n) is 32.0. The zero-order chi connectivity index (χ0) is 40.1. The molecule has 0 spiro atoms. The molecular weight excluding hydrogens is 793 g/mol. The van der Waals surface area contributed by atoms with E-state index in [2.05, 4.69) is 9.62 Å². The topological polar surface area (TPSA) is 129 Å². The fraction of sp³-hybridized carbons (Fsp3) is 0.526. The van der Waals surface area contributed by atoms with Crippen LogP contribution in [0, 0.1) is 5.92 Å². The summed E-state index contributed by atoms with van der Waals surface area (Å²) in [6, 6.07) is 9.71. The summed E-state index contributed by atoms with van der Waals surface area (Å²) < 4.78 is 60.0. The van der Waals surface area contributed by atoms with Crippen molar-refractivity contribution in [1.82, 2.24) is 19.4 Å². The van der Waals surface area contributed by atoms with E-state index in [1.807, 2.05) is 44.2 Å². The first-order chi connectivity index (χ1) is 25.1. The van der Waals surface area contributed by atoms with E-state index in [1.54, 1.807) is 49.6 Å². The Balaban J connectivity index is 1.90. The maximum Gasteiger partial charge on any atom is 0.326 e. The van der Waals surface area contributed by atoms with E-state index >= 15 is 0 Å². The van der Waals surface area contributed by atoms with Gasteiger partial charge in [0, 0.05) is 60.0 Å². The SMILES string of the molecule is CCOc1cc(Cl)c(S(=O)(=O)NC(C)(C)C)cc1C(=NC(C)(C)C1C=CC(Cl)=CC1)N(Cc1ccc(Cl)cc1)C(=O)N1CCN(CCCS(C)(=O)=O)CC1. The highest BCUT2D eigenvalue weighted by atomic mass is 35.5. The molecule has 1 unspecified atom stereocenters. The highest BCUT2D eigenvalue weighted by Gasteiger charge is 2.36. The number of allylic oxidation sites excluding steroid dienone is 3. The lowest BCUT2D eigenvalue weighted by Gasteiger charge is -2.39. The molecule has 1 aliphatic carbocycles. The molecule has 2 aromatic rings. The van der Waals surface area contributed by atoms with Crippen LogP contribution in [0.5, 0.6) is 5.75 Å². The molecule has 1 aliphatic heterocycles. The Bertz CT molecular complexity index is 1970. The molecule has 1 atom stereocenters. The van der Waals surface area contributed by atoms with Gasteiger partial charge >= 0.3 is 6.03 Å². The molecule has 1 fully saturated rings. The highest BCUT2D eigenvalue weighted by molar-refractivity contribution is 7.90. The third kappa shape index (κ3) is 12.4. The van der Waals surface area contributed by atoms with Gasteiger partial charge in [-0.15, -0.1) is 0 Å². The zero-order valence-corrected chi connectivity index (χ0v) is 35.9. The number of benzene rings is 2. The summed E-state index contributed by atoms with van der Waals surface area (Å²) >= 11 is 19.3. The summed E-state index contributed by atoms with van der Waals surface area (Å²) in [6.07, 6.45) is 8.07. The number of amides is 2. The number of urea groups is 1. The summed E-state index contributed by atoms with van der Waals surface area (Å²) in [5, 5.41) is 1.11. The van der Waals surface area contributed by atoms with Gasteiger partial charge in [-0.05, 0) is 90.8 Å². The van der Waals surface area contributed by atoms with Crippen LogP contribution in [-0.4, -0.2) is 106 Å². The van der Waals surface area contributed by atoms with Crippen LogP contribution in [0.4, 0.5) is 4.79 Å². The molecule has 1 N–H and O–H groups in total. The van der Waals surface area contributed by atoms with Crippen LogP contribution in [0.2, 0.25) is 10.0 Å². The number of nitrogens with zero attached hydrogens (tertiary/aromatic N) is 4. The minimum absolute atomic E-state index is 0.0462. The van der Waals surface area contributed by atoms with Gasteiger partial charge in [-0.3, -0.25) is 14.8 Å². The fourth-order valence-electron chi connectivity index (χ4n) is 6.28. The summed E-state index contributed by atoms with van der Waals surface area (Å²) in [4.78, 5) is 25.6. The van der Waals surface area contributed by atoms with E-state index in [-0.39, 0.29) is 57.9 Å². The number of amidine groups is 1. The van der Waals surface area contributed by atoms with Gasteiger partial charge in [-0.2, -0.15) is 0 Å². The van der Waals surface area contributed by atoms with Crippen molar-refractivity contribution in [1.29, 1.82) is 0 Å². The van der Waals surface area contributed by atoms with Crippen molar-refractivity contribution in [2.45, 2.75) is 76.9 Å². The van der Waals surface area contributed by atoms with E-state index < -0.39 is 30.9 Å². The highest BCUT2D eigenvalue weighted by Crippen LogP contribution is 2.36. The minimum atomic E-state index is -4.16. The largest absolute Gasteiger partial charge is 0.493 e. The van der Waals surface area contributed by atoms with Gasteiger partial charge in [0.1, 0.15) is 26.3 Å². The van der Waals surface area contributed by atoms with Crippen LogP contribution in [0.3, 0.4) is 0 Å². The number of rotatable bonds is 13. The number of carbonyl (C=O) groups excluding carboxylic acids is 1. The van der Waals surface area contributed by atoms with Gasteiger partial charge in [0.25, 0.3) is 0 Å². The van der Waals surface area contributed by atoms with Crippen LogP contribution < -0.4 is 9.46 Å². The summed E-state index contributed by atoms with van der Waals surface area (Å²) in [6.45, 7) is 13.7. The Morgan fingerprint density at radius 2 is 1.65 bits per heavy atom. The predicted molar refractivity (Wildman–Crippen MR) is 219 cm³/mol. The molecule has 4 rings (SSSR count). The van der Waals surface area contributed by atoms with Gasteiger partial charge in [-0.25, -0.2) is 26.4 Å². The molecule has 1 saturated heterocycles. The second-order valence-corrected chi connectivity index (χ2v) is 20.4. The molecule has 2 amide bonds. The number of nitrogens with one attached hydrogen (secondary N) is 1. The molecule has 54 heavy (non-hydrogen) atoms. The number of ether oxygens (including phenoxy) is 1. The second kappa shape index (κ2) is 18.1. The molecule has 11 nitrogen and oxygen atoms in total. The van der Waals surface area contributed by atoms with Crippen molar-refractivity contribution in [3.63, 3.8) is 0 Å². The van der Waals surface area contributed by atoms with E-state index in [0.717, 1.165) is 5.56 Å². The van der Waals surface area contributed by atoms with Crippen molar-refractivity contribution < 1.29 is 26.4 Å². The van der Waals surface area contributed by atoms with Crippen molar-refractivity contribution in [2.75, 3.05) is 51.3 Å². The lowest BCUT2D eigenvalue weighted by Crippen LogP contribution is -2.54. The van der Waals surface area contributed by atoms with Crippen LogP contribution in [-0.2, 0) is 26.4 Å². The van der Waals surface area contributed by atoms with Gasteiger partial charge in [0.15, 0.2) is 0 Å². The number of halogens is 3. The van der Waals surface area contributed by atoms with Crippen LogP contribution in [0.1, 0.15) is 65.5 Å².